The van der Waals surface area contributed by atoms with Crippen molar-refractivity contribution in [2.24, 2.45) is 0 Å². The molecule has 1 rings (SSSR count). The van der Waals surface area contributed by atoms with Gasteiger partial charge in [-0.15, -0.1) is 0 Å². The van der Waals surface area contributed by atoms with Crippen LogP contribution in [-0.2, 0) is 14.3 Å². The number of carbonyl (C=O) groups excluding carboxylic acids is 1. The van der Waals surface area contributed by atoms with Crippen LogP contribution in [0.15, 0.2) is 0 Å². The van der Waals surface area contributed by atoms with Gasteiger partial charge in [0.2, 0.25) is 5.91 Å². The average molecular weight is 660 g/mol. The van der Waals surface area contributed by atoms with E-state index in [0.717, 1.165) is 44.9 Å². The van der Waals surface area contributed by atoms with Gasteiger partial charge in [-0.05, 0) is 12.8 Å². The lowest BCUT2D eigenvalue weighted by atomic mass is 9.99. The van der Waals surface area contributed by atoms with E-state index in [2.05, 4.69) is 19.2 Å². The zero-order valence-electron chi connectivity index (χ0n) is 29.6. The normalized spacial score (nSPS) is 23.0. The first-order valence-corrected chi connectivity index (χ1v) is 19.2. The lowest BCUT2D eigenvalue weighted by Crippen LogP contribution is -2.60. The molecule has 1 saturated heterocycles. The summed E-state index contributed by atoms with van der Waals surface area (Å²) in [6.07, 6.45) is 21.7. The second-order valence-corrected chi connectivity index (χ2v) is 13.7. The Morgan fingerprint density at radius 2 is 1.09 bits per heavy atom. The minimum atomic E-state index is -1.54. The molecule has 0 spiro atoms. The predicted octanol–water partition coefficient (Wildman–Crippen LogP) is 6.44. The van der Waals surface area contributed by atoms with Crippen LogP contribution in [-0.4, -0.2) is 87.5 Å². The largest absolute Gasteiger partial charge is 0.394 e. The minimum Gasteiger partial charge on any atom is -0.394 e. The van der Waals surface area contributed by atoms with Crippen LogP contribution in [0, 0.1) is 0 Å². The van der Waals surface area contributed by atoms with Crippen molar-refractivity contribution in [3.63, 3.8) is 0 Å². The number of aliphatic hydroxyl groups is 5. The monoisotopic (exact) mass is 660 g/mol. The molecule has 1 aliphatic rings. The maximum atomic E-state index is 12.6. The maximum absolute atomic E-state index is 12.6. The fourth-order valence-corrected chi connectivity index (χ4v) is 6.28. The molecule has 0 saturated carbocycles. The van der Waals surface area contributed by atoms with Gasteiger partial charge in [0.05, 0.1) is 25.4 Å². The highest BCUT2D eigenvalue weighted by molar-refractivity contribution is 5.76. The van der Waals surface area contributed by atoms with Gasteiger partial charge in [0.25, 0.3) is 0 Å². The second-order valence-electron chi connectivity index (χ2n) is 13.7. The molecule has 7 atom stereocenters. The highest BCUT2D eigenvalue weighted by Gasteiger charge is 2.44. The molecule has 0 aliphatic carbocycles. The van der Waals surface area contributed by atoms with Crippen molar-refractivity contribution >= 4 is 5.91 Å². The third-order valence-corrected chi connectivity index (χ3v) is 9.46. The van der Waals surface area contributed by atoms with Crippen molar-refractivity contribution in [2.75, 3.05) is 13.2 Å². The van der Waals surface area contributed by atoms with E-state index < -0.39 is 49.5 Å². The molecule has 274 valence electrons. The van der Waals surface area contributed by atoms with Gasteiger partial charge in [0.1, 0.15) is 24.4 Å². The number of carbonyl (C=O) groups is 1. The Bertz CT molecular complexity index is 696. The van der Waals surface area contributed by atoms with Crippen LogP contribution in [0.2, 0.25) is 0 Å². The van der Waals surface area contributed by atoms with E-state index in [1.165, 1.54) is 103 Å². The highest BCUT2D eigenvalue weighted by atomic mass is 16.7. The van der Waals surface area contributed by atoms with E-state index in [4.69, 9.17) is 9.47 Å². The first kappa shape index (κ1) is 43.2. The summed E-state index contributed by atoms with van der Waals surface area (Å²) < 4.78 is 11.1. The lowest BCUT2D eigenvalue weighted by Gasteiger charge is -2.40. The number of hydrogen-bond donors (Lipinski definition) is 6. The zero-order chi connectivity index (χ0) is 33.8. The third-order valence-electron chi connectivity index (χ3n) is 9.46. The molecular formula is C37H73NO8. The van der Waals surface area contributed by atoms with Crippen LogP contribution in [0.1, 0.15) is 174 Å². The van der Waals surface area contributed by atoms with Gasteiger partial charge in [-0.1, -0.05) is 155 Å². The first-order valence-electron chi connectivity index (χ1n) is 19.2. The maximum Gasteiger partial charge on any atom is 0.220 e. The molecule has 1 aliphatic heterocycles. The molecule has 6 N–H and O–H groups in total. The molecule has 1 amide bonds. The van der Waals surface area contributed by atoms with E-state index >= 15 is 0 Å². The molecule has 46 heavy (non-hydrogen) atoms. The number of hydrogen-bond acceptors (Lipinski definition) is 8. The summed E-state index contributed by atoms with van der Waals surface area (Å²) in [5.41, 5.74) is 0. The van der Waals surface area contributed by atoms with Crippen LogP contribution < -0.4 is 5.32 Å². The molecule has 0 radical (unpaired) electrons. The molecule has 9 nitrogen and oxygen atoms in total. The third kappa shape index (κ3) is 20.5. The molecule has 1 fully saturated rings. The van der Waals surface area contributed by atoms with Crippen LogP contribution in [0.3, 0.4) is 0 Å². The minimum absolute atomic E-state index is 0.135. The SMILES string of the molecule is CCCCCCCCCCCCCCCCCCCCCC(O)C(COC1OC(CO)C(O)C(O)C1O)NC(=O)CCCCCC. The summed E-state index contributed by atoms with van der Waals surface area (Å²) >= 11 is 0. The summed E-state index contributed by atoms with van der Waals surface area (Å²) in [7, 11) is 0. The van der Waals surface area contributed by atoms with Crippen LogP contribution in [0.4, 0.5) is 0 Å². The molecule has 0 bridgehead atoms. The number of amides is 1. The summed E-state index contributed by atoms with van der Waals surface area (Å²) in [5.74, 6) is -0.161. The van der Waals surface area contributed by atoms with Crippen LogP contribution in [0.25, 0.3) is 0 Å². The topological polar surface area (TPSA) is 149 Å². The molecule has 0 aromatic heterocycles. The molecule has 7 unspecified atom stereocenters. The Hall–Kier alpha value is -0.810. The summed E-state index contributed by atoms with van der Waals surface area (Å²) in [6.45, 7) is 3.70. The standard InChI is InChI=1S/C37H73NO8/c1-3-5-7-9-10-11-12-13-14-15-16-17-18-19-20-21-22-23-24-26-31(40)30(38-33(41)27-25-8-6-4-2)29-45-37-36(44)35(43)34(42)32(28-39)46-37/h30-32,34-37,39-40,42-44H,3-29H2,1-2H3,(H,38,41). The zero-order valence-corrected chi connectivity index (χ0v) is 29.6. The fourth-order valence-electron chi connectivity index (χ4n) is 6.28. The smallest absolute Gasteiger partial charge is 0.220 e. The fraction of sp³-hybridized carbons (Fsp3) is 0.973. The van der Waals surface area contributed by atoms with Gasteiger partial charge in [-0.3, -0.25) is 4.79 Å². The van der Waals surface area contributed by atoms with Gasteiger partial charge < -0.3 is 40.3 Å². The molecule has 9 heteroatoms. The lowest BCUT2D eigenvalue weighted by molar-refractivity contribution is -0.302. The number of rotatable bonds is 31. The summed E-state index contributed by atoms with van der Waals surface area (Å²) in [5, 5.41) is 53.7. The molecular weight excluding hydrogens is 586 g/mol. The summed E-state index contributed by atoms with van der Waals surface area (Å²) in [6, 6.07) is -0.707. The molecule has 1 heterocycles. The van der Waals surface area contributed by atoms with Crippen LogP contribution >= 0.6 is 0 Å². The predicted molar refractivity (Wildman–Crippen MR) is 184 cm³/mol. The van der Waals surface area contributed by atoms with Crippen molar-refractivity contribution in [2.45, 2.75) is 217 Å². The second kappa shape index (κ2) is 29.1. The highest BCUT2D eigenvalue weighted by Crippen LogP contribution is 2.23. The van der Waals surface area contributed by atoms with E-state index in [9.17, 15) is 30.3 Å². The van der Waals surface area contributed by atoms with Crippen LogP contribution in [0.5, 0.6) is 0 Å². The molecule has 0 aromatic rings. The number of aliphatic hydroxyl groups excluding tert-OH is 5. The Morgan fingerprint density at radius 3 is 1.54 bits per heavy atom. The Balaban J connectivity index is 2.24. The van der Waals surface area contributed by atoms with E-state index in [1.807, 2.05) is 0 Å². The molecule has 0 aromatic carbocycles. The first-order chi connectivity index (χ1) is 22.3. The Morgan fingerprint density at radius 1 is 0.652 bits per heavy atom. The quantitative estimate of drug-likeness (QED) is 0.0466. The van der Waals surface area contributed by atoms with Gasteiger partial charge >= 0.3 is 0 Å². The van der Waals surface area contributed by atoms with Crippen molar-refractivity contribution in [1.82, 2.24) is 5.32 Å². The number of unbranched alkanes of at least 4 members (excludes halogenated alkanes) is 21. The average Bonchev–Trinajstić information content (AvgIpc) is 3.05. The Kier molecular flexibility index (Phi) is 27.4. The Labute approximate surface area is 281 Å². The van der Waals surface area contributed by atoms with Crippen molar-refractivity contribution in [3.8, 4) is 0 Å². The number of ether oxygens (including phenoxy) is 2. The van der Waals surface area contributed by atoms with Crippen molar-refractivity contribution < 1.29 is 39.8 Å². The van der Waals surface area contributed by atoms with Crippen molar-refractivity contribution in [3.05, 3.63) is 0 Å². The summed E-state index contributed by atoms with van der Waals surface area (Å²) in [4.78, 5) is 12.6. The van der Waals surface area contributed by atoms with Gasteiger partial charge in [0, 0.05) is 6.42 Å². The van der Waals surface area contributed by atoms with Gasteiger partial charge in [0.15, 0.2) is 6.29 Å². The van der Waals surface area contributed by atoms with E-state index in [1.54, 1.807) is 0 Å². The van der Waals surface area contributed by atoms with E-state index in [0.29, 0.717) is 12.8 Å². The van der Waals surface area contributed by atoms with Crippen molar-refractivity contribution in [1.29, 1.82) is 0 Å². The van der Waals surface area contributed by atoms with Gasteiger partial charge in [-0.2, -0.15) is 0 Å². The number of nitrogens with one attached hydrogen (secondary N) is 1. The van der Waals surface area contributed by atoms with Gasteiger partial charge in [-0.25, -0.2) is 0 Å². The van der Waals surface area contributed by atoms with E-state index in [-0.39, 0.29) is 12.5 Å².